The number of benzene rings is 2. The van der Waals surface area contributed by atoms with Gasteiger partial charge in [-0.3, -0.25) is 0 Å². The molecule has 106 valence electrons. The lowest BCUT2D eigenvalue weighted by Gasteiger charge is -2.12. The monoisotopic (exact) mass is 299 g/mol. The highest BCUT2D eigenvalue weighted by molar-refractivity contribution is 6.32. The van der Waals surface area contributed by atoms with Crippen LogP contribution in [0.25, 0.3) is 5.69 Å². The second-order valence-corrected chi connectivity index (χ2v) is 5.03. The quantitative estimate of drug-likeness (QED) is 0.769. The Labute approximate surface area is 127 Å². The Balaban J connectivity index is 1.81. The number of hydrogen-bond acceptors (Lipinski definition) is 3. The molecule has 3 aromatic rings. The first kappa shape index (κ1) is 13.5. The zero-order valence-electron chi connectivity index (χ0n) is 11.2. The van der Waals surface area contributed by atoms with E-state index in [-0.39, 0.29) is 5.75 Å². The summed E-state index contributed by atoms with van der Waals surface area (Å²) in [6, 6.07) is 13.2. The van der Waals surface area contributed by atoms with Gasteiger partial charge in [0.1, 0.15) is 5.75 Å². The van der Waals surface area contributed by atoms with Crippen molar-refractivity contribution in [1.29, 1.82) is 0 Å². The topological polar surface area (TPSA) is 50.1 Å². The fourth-order valence-electron chi connectivity index (χ4n) is 2.11. The van der Waals surface area contributed by atoms with Crippen LogP contribution in [0.2, 0.25) is 5.02 Å². The van der Waals surface area contributed by atoms with E-state index in [0.717, 1.165) is 16.9 Å². The van der Waals surface area contributed by atoms with Crippen LogP contribution in [0.3, 0.4) is 0 Å². The summed E-state index contributed by atoms with van der Waals surface area (Å²) in [6.45, 7) is 0.617. The second kappa shape index (κ2) is 5.89. The molecule has 0 saturated heterocycles. The van der Waals surface area contributed by atoms with Gasteiger partial charge in [0.05, 0.1) is 22.7 Å². The predicted octanol–water partition coefficient (Wildman–Crippen LogP) is 3.84. The van der Waals surface area contributed by atoms with Gasteiger partial charge in [-0.2, -0.15) is 0 Å². The van der Waals surface area contributed by atoms with Crippen LogP contribution in [0.4, 0.5) is 5.69 Å². The molecule has 4 nitrogen and oxygen atoms in total. The molecule has 0 atom stereocenters. The lowest BCUT2D eigenvalue weighted by Crippen LogP contribution is -2.03. The maximum Gasteiger partial charge on any atom is 0.134 e. The van der Waals surface area contributed by atoms with Crippen LogP contribution < -0.4 is 5.32 Å². The number of nitrogens with one attached hydrogen (secondary N) is 1. The number of anilines is 1. The van der Waals surface area contributed by atoms with E-state index in [2.05, 4.69) is 10.3 Å². The standard InChI is InChI=1S/C16H14ClN3O/c17-13-9-12(5-6-16(13)21)10-19-14-3-1-2-4-15(14)20-8-7-18-11-20/h1-9,11,19,21H,10H2. The molecule has 2 aromatic carbocycles. The number of aromatic hydroxyl groups is 1. The highest BCUT2D eigenvalue weighted by atomic mass is 35.5. The van der Waals surface area contributed by atoms with Gasteiger partial charge in [0.15, 0.2) is 0 Å². The van der Waals surface area contributed by atoms with Crippen molar-refractivity contribution in [3.8, 4) is 11.4 Å². The summed E-state index contributed by atoms with van der Waals surface area (Å²) in [6.07, 6.45) is 5.41. The molecule has 3 rings (SSSR count). The Morgan fingerprint density at radius 1 is 1.19 bits per heavy atom. The lowest BCUT2D eigenvalue weighted by molar-refractivity contribution is 0.475. The number of imidazole rings is 1. The van der Waals surface area contributed by atoms with Crippen LogP contribution in [0.5, 0.6) is 5.75 Å². The summed E-state index contributed by atoms with van der Waals surface area (Å²) in [5.41, 5.74) is 3.03. The zero-order chi connectivity index (χ0) is 14.7. The van der Waals surface area contributed by atoms with Crippen LogP contribution in [0, 0.1) is 0 Å². The number of para-hydroxylation sites is 2. The molecule has 0 spiro atoms. The Hall–Kier alpha value is -2.46. The molecule has 0 saturated carbocycles. The Morgan fingerprint density at radius 3 is 2.81 bits per heavy atom. The fraction of sp³-hybridized carbons (Fsp3) is 0.0625. The summed E-state index contributed by atoms with van der Waals surface area (Å²) in [5.74, 6) is 0.0965. The van der Waals surface area contributed by atoms with Crippen LogP contribution in [-0.4, -0.2) is 14.7 Å². The van der Waals surface area contributed by atoms with Gasteiger partial charge in [-0.05, 0) is 29.8 Å². The van der Waals surface area contributed by atoms with Crippen molar-refractivity contribution >= 4 is 17.3 Å². The van der Waals surface area contributed by atoms with E-state index >= 15 is 0 Å². The molecular formula is C16H14ClN3O. The van der Waals surface area contributed by atoms with Crippen molar-refractivity contribution in [3.63, 3.8) is 0 Å². The summed E-state index contributed by atoms with van der Waals surface area (Å²) in [7, 11) is 0. The van der Waals surface area contributed by atoms with Gasteiger partial charge in [0.25, 0.3) is 0 Å². The number of nitrogens with zero attached hydrogens (tertiary/aromatic N) is 2. The Bertz CT molecular complexity index is 741. The van der Waals surface area contributed by atoms with Crippen LogP contribution in [-0.2, 0) is 6.54 Å². The number of phenolic OH excluding ortho intramolecular Hbond substituents is 1. The fourth-order valence-corrected chi connectivity index (χ4v) is 2.31. The smallest absolute Gasteiger partial charge is 0.134 e. The van der Waals surface area contributed by atoms with Crippen molar-refractivity contribution < 1.29 is 5.11 Å². The first-order valence-corrected chi connectivity index (χ1v) is 6.90. The normalized spacial score (nSPS) is 10.5. The third-order valence-corrected chi connectivity index (χ3v) is 3.48. The molecule has 2 N–H and O–H groups in total. The van der Waals surface area contributed by atoms with E-state index in [1.54, 1.807) is 24.7 Å². The number of hydrogen-bond donors (Lipinski definition) is 2. The van der Waals surface area contributed by atoms with Gasteiger partial charge in [-0.25, -0.2) is 4.98 Å². The van der Waals surface area contributed by atoms with Gasteiger partial charge in [0, 0.05) is 18.9 Å². The third-order valence-electron chi connectivity index (χ3n) is 3.18. The maximum absolute atomic E-state index is 9.44. The molecule has 1 heterocycles. The van der Waals surface area contributed by atoms with Gasteiger partial charge in [-0.15, -0.1) is 0 Å². The van der Waals surface area contributed by atoms with Crippen LogP contribution >= 0.6 is 11.6 Å². The summed E-state index contributed by atoms with van der Waals surface area (Å²) < 4.78 is 1.95. The molecular weight excluding hydrogens is 286 g/mol. The zero-order valence-corrected chi connectivity index (χ0v) is 12.0. The number of aromatic nitrogens is 2. The molecule has 0 bridgehead atoms. The van der Waals surface area contributed by atoms with E-state index in [4.69, 9.17) is 11.6 Å². The molecule has 0 radical (unpaired) electrons. The number of phenols is 1. The molecule has 0 fully saturated rings. The molecule has 21 heavy (non-hydrogen) atoms. The number of rotatable bonds is 4. The molecule has 1 aromatic heterocycles. The second-order valence-electron chi connectivity index (χ2n) is 4.63. The van der Waals surface area contributed by atoms with Crippen LogP contribution in [0.15, 0.2) is 61.2 Å². The van der Waals surface area contributed by atoms with Crippen molar-refractivity contribution in [1.82, 2.24) is 9.55 Å². The van der Waals surface area contributed by atoms with Gasteiger partial charge >= 0.3 is 0 Å². The average Bonchev–Trinajstić information content (AvgIpc) is 3.03. The van der Waals surface area contributed by atoms with Gasteiger partial charge in [-0.1, -0.05) is 29.8 Å². The summed E-state index contributed by atoms with van der Waals surface area (Å²) in [4.78, 5) is 4.07. The van der Waals surface area contributed by atoms with E-state index in [1.807, 2.05) is 41.1 Å². The summed E-state index contributed by atoms with van der Waals surface area (Å²) >= 11 is 5.92. The molecule has 0 aliphatic heterocycles. The van der Waals surface area contributed by atoms with Crippen molar-refractivity contribution in [3.05, 3.63) is 71.8 Å². The van der Waals surface area contributed by atoms with Crippen molar-refractivity contribution in [2.24, 2.45) is 0 Å². The van der Waals surface area contributed by atoms with E-state index < -0.39 is 0 Å². The molecule has 0 aliphatic rings. The Morgan fingerprint density at radius 2 is 2.05 bits per heavy atom. The SMILES string of the molecule is Oc1ccc(CNc2ccccc2-n2ccnc2)cc1Cl. The highest BCUT2D eigenvalue weighted by Crippen LogP contribution is 2.25. The van der Waals surface area contributed by atoms with E-state index in [9.17, 15) is 5.11 Å². The first-order chi connectivity index (χ1) is 10.2. The largest absolute Gasteiger partial charge is 0.506 e. The summed E-state index contributed by atoms with van der Waals surface area (Å²) in [5, 5.41) is 13.2. The highest BCUT2D eigenvalue weighted by Gasteiger charge is 2.04. The Kier molecular flexibility index (Phi) is 3.79. The molecule has 0 aliphatic carbocycles. The minimum absolute atomic E-state index is 0.0965. The van der Waals surface area contributed by atoms with Gasteiger partial charge < -0.3 is 15.0 Å². The van der Waals surface area contributed by atoms with Crippen molar-refractivity contribution in [2.75, 3.05) is 5.32 Å². The molecule has 0 unspecified atom stereocenters. The minimum Gasteiger partial charge on any atom is -0.506 e. The van der Waals surface area contributed by atoms with Crippen molar-refractivity contribution in [2.45, 2.75) is 6.54 Å². The molecule has 0 amide bonds. The first-order valence-electron chi connectivity index (χ1n) is 6.52. The molecule has 5 heteroatoms. The minimum atomic E-state index is 0.0965. The maximum atomic E-state index is 9.44. The average molecular weight is 300 g/mol. The van der Waals surface area contributed by atoms with E-state index in [0.29, 0.717) is 11.6 Å². The third kappa shape index (κ3) is 3.01. The van der Waals surface area contributed by atoms with Gasteiger partial charge in [0.2, 0.25) is 0 Å². The number of halogens is 1. The van der Waals surface area contributed by atoms with Crippen LogP contribution in [0.1, 0.15) is 5.56 Å². The lowest BCUT2D eigenvalue weighted by atomic mass is 10.2. The van der Waals surface area contributed by atoms with E-state index in [1.165, 1.54) is 0 Å². The predicted molar refractivity (Wildman–Crippen MR) is 84.0 cm³/mol.